The summed E-state index contributed by atoms with van der Waals surface area (Å²) in [6, 6.07) is 1.74. The van der Waals surface area contributed by atoms with Crippen LogP contribution in [0.5, 0.6) is 0 Å². The second-order valence-electron chi connectivity index (χ2n) is 2.21. The Balaban J connectivity index is 2.92. The third-order valence-corrected chi connectivity index (χ3v) is 2.68. The highest BCUT2D eigenvalue weighted by molar-refractivity contribution is 7.14. The van der Waals surface area contributed by atoms with Gasteiger partial charge in [-0.3, -0.25) is 4.79 Å². The van der Waals surface area contributed by atoms with Crippen LogP contribution in [0.1, 0.15) is 18.4 Å². The average molecular weight is 191 g/mol. The molecule has 11 heavy (non-hydrogen) atoms. The molecule has 1 unspecified atom stereocenters. The van der Waals surface area contributed by atoms with Crippen molar-refractivity contribution in [2.75, 3.05) is 0 Å². The molecule has 1 atom stereocenters. The van der Waals surface area contributed by atoms with Gasteiger partial charge in [0, 0.05) is 0 Å². The Labute approximate surface area is 73.4 Å². The van der Waals surface area contributed by atoms with Gasteiger partial charge in [-0.25, -0.2) is 0 Å². The summed E-state index contributed by atoms with van der Waals surface area (Å²) in [4.78, 5) is 10.5. The zero-order chi connectivity index (χ0) is 8.43. The second kappa shape index (κ2) is 3.24. The van der Waals surface area contributed by atoms with E-state index >= 15 is 0 Å². The molecule has 0 spiro atoms. The van der Waals surface area contributed by atoms with Crippen LogP contribution in [0.4, 0.5) is 0 Å². The minimum absolute atomic E-state index is 0.506. The van der Waals surface area contributed by atoms with E-state index in [9.17, 15) is 4.79 Å². The number of carboxylic acid groups (broad SMARTS) is 1. The molecule has 2 nitrogen and oxygen atoms in total. The topological polar surface area (TPSA) is 37.3 Å². The van der Waals surface area contributed by atoms with Gasteiger partial charge in [0.1, 0.15) is 0 Å². The van der Waals surface area contributed by atoms with Gasteiger partial charge in [-0.2, -0.15) is 0 Å². The molecular weight excluding hydrogens is 184 g/mol. The molecule has 0 aliphatic carbocycles. The summed E-state index contributed by atoms with van der Waals surface area (Å²) in [5, 5.41) is 10.4. The molecule has 1 aromatic heterocycles. The molecular formula is C7H7ClO2S. The Morgan fingerprint density at radius 2 is 2.45 bits per heavy atom. The predicted octanol–water partition coefficient (Wildman–Crippen LogP) is 2.59. The summed E-state index contributed by atoms with van der Waals surface area (Å²) in [5.74, 6) is -1.35. The van der Waals surface area contributed by atoms with Crippen LogP contribution in [0.15, 0.2) is 11.4 Å². The molecule has 0 aliphatic rings. The first-order valence-corrected chi connectivity index (χ1v) is 4.34. The first-order chi connectivity index (χ1) is 5.13. The highest BCUT2D eigenvalue weighted by atomic mass is 35.5. The van der Waals surface area contributed by atoms with E-state index in [2.05, 4.69) is 0 Å². The van der Waals surface area contributed by atoms with Crippen molar-refractivity contribution in [1.82, 2.24) is 0 Å². The number of carboxylic acids is 1. The van der Waals surface area contributed by atoms with Gasteiger partial charge in [-0.1, -0.05) is 11.6 Å². The summed E-state index contributed by atoms with van der Waals surface area (Å²) >= 11 is 7.09. The Kier molecular flexibility index (Phi) is 2.52. The van der Waals surface area contributed by atoms with E-state index in [0.717, 1.165) is 0 Å². The Morgan fingerprint density at radius 1 is 1.82 bits per heavy atom. The van der Waals surface area contributed by atoms with E-state index in [1.165, 1.54) is 11.3 Å². The van der Waals surface area contributed by atoms with Crippen molar-refractivity contribution in [2.24, 2.45) is 0 Å². The van der Waals surface area contributed by atoms with Crippen molar-refractivity contribution in [2.45, 2.75) is 12.8 Å². The molecule has 0 saturated heterocycles. The number of thiophene rings is 1. The van der Waals surface area contributed by atoms with E-state index in [1.807, 2.05) is 0 Å². The van der Waals surface area contributed by atoms with Gasteiger partial charge >= 0.3 is 5.97 Å². The number of hydrogen-bond acceptors (Lipinski definition) is 2. The number of halogens is 1. The molecule has 1 aromatic rings. The summed E-state index contributed by atoms with van der Waals surface area (Å²) in [6.07, 6.45) is 0. The maximum absolute atomic E-state index is 10.5. The number of aliphatic carboxylic acids is 1. The molecule has 0 radical (unpaired) electrons. The average Bonchev–Trinajstić information content (AvgIpc) is 2.33. The molecule has 1 rings (SSSR count). The van der Waals surface area contributed by atoms with Crippen LogP contribution in [0, 0.1) is 0 Å². The SMILES string of the molecule is CC(C(=O)O)c1ccsc1Cl. The zero-order valence-corrected chi connectivity index (χ0v) is 7.45. The highest BCUT2D eigenvalue weighted by Gasteiger charge is 2.16. The molecule has 0 aliphatic heterocycles. The summed E-state index contributed by atoms with van der Waals surface area (Å²) < 4.78 is 0.569. The third kappa shape index (κ3) is 1.73. The van der Waals surface area contributed by atoms with Gasteiger partial charge in [-0.05, 0) is 23.9 Å². The maximum atomic E-state index is 10.5. The maximum Gasteiger partial charge on any atom is 0.310 e. The molecule has 4 heteroatoms. The molecule has 0 saturated carbocycles. The van der Waals surface area contributed by atoms with E-state index in [4.69, 9.17) is 16.7 Å². The second-order valence-corrected chi connectivity index (χ2v) is 3.73. The van der Waals surface area contributed by atoms with Gasteiger partial charge < -0.3 is 5.11 Å². The van der Waals surface area contributed by atoms with Gasteiger partial charge in [0.15, 0.2) is 0 Å². The lowest BCUT2D eigenvalue weighted by Gasteiger charge is -2.02. The van der Waals surface area contributed by atoms with Crippen molar-refractivity contribution in [3.63, 3.8) is 0 Å². The molecule has 0 amide bonds. The van der Waals surface area contributed by atoms with Crippen LogP contribution >= 0.6 is 22.9 Å². The highest BCUT2D eigenvalue weighted by Crippen LogP contribution is 2.29. The number of rotatable bonds is 2. The van der Waals surface area contributed by atoms with Gasteiger partial charge in [-0.15, -0.1) is 11.3 Å². The van der Waals surface area contributed by atoms with Crippen LogP contribution in [-0.2, 0) is 4.79 Å². The fourth-order valence-corrected chi connectivity index (χ4v) is 1.84. The Hall–Kier alpha value is -0.540. The molecule has 0 aromatic carbocycles. The van der Waals surface area contributed by atoms with Crippen LogP contribution < -0.4 is 0 Å². The third-order valence-electron chi connectivity index (χ3n) is 1.48. The smallest absolute Gasteiger partial charge is 0.310 e. The molecule has 0 fully saturated rings. The van der Waals surface area contributed by atoms with Crippen molar-refractivity contribution in [3.05, 3.63) is 21.3 Å². The van der Waals surface area contributed by atoms with Gasteiger partial charge in [0.25, 0.3) is 0 Å². The Morgan fingerprint density at radius 3 is 2.82 bits per heavy atom. The minimum atomic E-state index is -0.842. The van der Waals surface area contributed by atoms with Gasteiger partial charge in [0.05, 0.1) is 10.3 Å². The zero-order valence-electron chi connectivity index (χ0n) is 5.87. The van der Waals surface area contributed by atoms with Crippen LogP contribution in [0.25, 0.3) is 0 Å². The van der Waals surface area contributed by atoms with Crippen molar-refractivity contribution < 1.29 is 9.90 Å². The van der Waals surface area contributed by atoms with Crippen LogP contribution in [0.3, 0.4) is 0 Å². The van der Waals surface area contributed by atoms with E-state index in [-0.39, 0.29) is 0 Å². The first kappa shape index (κ1) is 8.56. The fourth-order valence-electron chi connectivity index (χ4n) is 0.748. The van der Waals surface area contributed by atoms with Crippen molar-refractivity contribution in [1.29, 1.82) is 0 Å². The van der Waals surface area contributed by atoms with Crippen LogP contribution in [0.2, 0.25) is 4.34 Å². The van der Waals surface area contributed by atoms with E-state index in [1.54, 1.807) is 18.4 Å². The van der Waals surface area contributed by atoms with Crippen LogP contribution in [-0.4, -0.2) is 11.1 Å². The summed E-state index contributed by atoms with van der Waals surface area (Å²) in [6.45, 7) is 1.62. The predicted molar refractivity (Wildman–Crippen MR) is 45.4 cm³/mol. The number of hydrogen-bond donors (Lipinski definition) is 1. The van der Waals surface area contributed by atoms with E-state index < -0.39 is 11.9 Å². The van der Waals surface area contributed by atoms with Crippen molar-refractivity contribution in [3.8, 4) is 0 Å². The minimum Gasteiger partial charge on any atom is -0.481 e. The van der Waals surface area contributed by atoms with E-state index in [0.29, 0.717) is 9.90 Å². The lowest BCUT2D eigenvalue weighted by molar-refractivity contribution is -0.138. The summed E-state index contributed by atoms with van der Waals surface area (Å²) in [5.41, 5.74) is 0.698. The Bertz CT molecular complexity index is 269. The largest absolute Gasteiger partial charge is 0.481 e. The van der Waals surface area contributed by atoms with Crippen molar-refractivity contribution >= 4 is 28.9 Å². The lowest BCUT2D eigenvalue weighted by Crippen LogP contribution is -2.06. The lowest BCUT2D eigenvalue weighted by atomic mass is 10.1. The molecule has 0 bridgehead atoms. The quantitative estimate of drug-likeness (QED) is 0.779. The monoisotopic (exact) mass is 190 g/mol. The summed E-state index contributed by atoms with van der Waals surface area (Å²) in [7, 11) is 0. The molecule has 1 heterocycles. The molecule has 1 N–H and O–H groups in total. The molecule has 60 valence electrons. The fraction of sp³-hybridized carbons (Fsp3) is 0.286. The number of carbonyl (C=O) groups is 1. The standard InChI is InChI=1S/C7H7ClO2S/c1-4(7(9)10)5-2-3-11-6(5)8/h2-4H,1H3,(H,9,10). The van der Waals surface area contributed by atoms with Gasteiger partial charge in [0.2, 0.25) is 0 Å². The normalized spacial score (nSPS) is 12.9. The first-order valence-electron chi connectivity index (χ1n) is 3.08.